The van der Waals surface area contributed by atoms with Crippen molar-refractivity contribution in [3.8, 4) is 0 Å². The van der Waals surface area contributed by atoms with Gasteiger partial charge in [0, 0.05) is 22.4 Å². The first-order chi connectivity index (χ1) is 9.38. The molecule has 0 saturated heterocycles. The Kier molecular flexibility index (Phi) is 5.92. The number of amides is 2. The average molecular weight is 296 g/mol. The molecule has 0 saturated carbocycles. The standard InChI is InChI=1S/C13H16N2O4S/c1-8(2)15-11(16)6-14-13(19)9-5-10(20-7-9)3-4-12(17)18/h3-5,7-8H,6H2,1-2H3,(H,14,19)(H,15,16)(H,17,18). The van der Waals surface area contributed by atoms with Crippen LogP contribution in [0.5, 0.6) is 0 Å². The third-order valence-electron chi connectivity index (χ3n) is 2.13. The van der Waals surface area contributed by atoms with E-state index >= 15 is 0 Å². The number of rotatable bonds is 6. The molecule has 20 heavy (non-hydrogen) atoms. The smallest absolute Gasteiger partial charge is 0.328 e. The molecule has 0 aromatic carbocycles. The lowest BCUT2D eigenvalue weighted by Gasteiger charge is -2.08. The number of carbonyl (C=O) groups is 3. The fourth-order valence-corrected chi connectivity index (χ4v) is 2.13. The van der Waals surface area contributed by atoms with Crippen LogP contribution in [0, 0.1) is 0 Å². The number of thiophene rings is 1. The first-order valence-electron chi connectivity index (χ1n) is 5.95. The highest BCUT2D eigenvalue weighted by atomic mass is 32.1. The number of carboxylic acids is 1. The maximum Gasteiger partial charge on any atom is 0.328 e. The third kappa shape index (κ3) is 5.66. The van der Waals surface area contributed by atoms with Gasteiger partial charge in [-0.15, -0.1) is 11.3 Å². The van der Waals surface area contributed by atoms with Crippen molar-refractivity contribution in [3.05, 3.63) is 28.0 Å². The van der Waals surface area contributed by atoms with Gasteiger partial charge in [0.25, 0.3) is 5.91 Å². The van der Waals surface area contributed by atoms with E-state index in [-0.39, 0.29) is 24.4 Å². The molecule has 2 amide bonds. The summed E-state index contributed by atoms with van der Waals surface area (Å²) in [5.74, 6) is -1.67. The van der Waals surface area contributed by atoms with Gasteiger partial charge < -0.3 is 15.7 Å². The van der Waals surface area contributed by atoms with Crippen LogP contribution >= 0.6 is 11.3 Å². The topological polar surface area (TPSA) is 95.5 Å². The lowest BCUT2D eigenvalue weighted by Crippen LogP contribution is -2.39. The molecule has 6 nitrogen and oxygen atoms in total. The minimum absolute atomic E-state index is 0.0216. The molecule has 0 fully saturated rings. The number of carboxylic acid groups (broad SMARTS) is 1. The highest BCUT2D eigenvalue weighted by molar-refractivity contribution is 7.11. The Labute approximate surface area is 120 Å². The normalized spacial score (nSPS) is 10.8. The maximum absolute atomic E-state index is 11.8. The predicted molar refractivity (Wildman–Crippen MR) is 76.6 cm³/mol. The van der Waals surface area contributed by atoms with Gasteiger partial charge in [-0.1, -0.05) is 0 Å². The second-order valence-corrected chi connectivity index (χ2v) is 5.26. The Balaban J connectivity index is 2.52. The van der Waals surface area contributed by atoms with E-state index in [2.05, 4.69) is 10.6 Å². The molecular weight excluding hydrogens is 280 g/mol. The Morgan fingerprint density at radius 2 is 2.10 bits per heavy atom. The van der Waals surface area contributed by atoms with E-state index in [9.17, 15) is 14.4 Å². The van der Waals surface area contributed by atoms with Crippen LogP contribution in [0.1, 0.15) is 29.1 Å². The van der Waals surface area contributed by atoms with Gasteiger partial charge in [-0.25, -0.2) is 4.79 Å². The molecule has 0 spiro atoms. The molecule has 0 aliphatic heterocycles. The molecule has 7 heteroatoms. The van der Waals surface area contributed by atoms with Gasteiger partial charge in [-0.05, 0) is 26.0 Å². The van der Waals surface area contributed by atoms with Crippen molar-refractivity contribution in [1.82, 2.24) is 10.6 Å². The molecule has 0 aliphatic rings. The number of nitrogens with one attached hydrogen (secondary N) is 2. The van der Waals surface area contributed by atoms with E-state index in [1.807, 2.05) is 13.8 Å². The fourth-order valence-electron chi connectivity index (χ4n) is 1.35. The highest BCUT2D eigenvalue weighted by Crippen LogP contribution is 2.16. The zero-order valence-corrected chi connectivity index (χ0v) is 12.0. The van der Waals surface area contributed by atoms with Crippen LogP contribution < -0.4 is 10.6 Å². The second-order valence-electron chi connectivity index (χ2n) is 4.31. The van der Waals surface area contributed by atoms with Crippen molar-refractivity contribution in [2.75, 3.05) is 6.54 Å². The molecule has 108 valence electrons. The molecule has 1 heterocycles. The van der Waals surface area contributed by atoms with Crippen LogP contribution in [-0.2, 0) is 9.59 Å². The lowest BCUT2D eigenvalue weighted by molar-refractivity contribution is -0.131. The molecule has 0 atom stereocenters. The molecule has 1 aromatic rings. The van der Waals surface area contributed by atoms with Gasteiger partial charge in [0.2, 0.25) is 5.91 Å². The Bertz CT molecular complexity index is 534. The van der Waals surface area contributed by atoms with Crippen LogP contribution in [0.15, 0.2) is 17.5 Å². The summed E-state index contributed by atoms with van der Waals surface area (Å²) in [5, 5.41) is 15.3. The van der Waals surface area contributed by atoms with Crippen molar-refractivity contribution >= 4 is 35.2 Å². The van der Waals surface area contributed by atoms with Crippen molar-refractivity contribution < 1.29 is 19.5 Å². The average Bonchev–Trinajstić information content (AvgIpc) is 2.81. The van der Waals surface area contributed by atoms with E-state index in [4.69, 9.17) is 5.11 Å². The van der Waals surface area contributed by atoms with Gasteiger partial charge in [0.1, 0.15) is 0 Å². The van der Waals surface area contributed by atoms with E-state index < -0.39 is 5.97 Å². The van der Waals surface area contributed by atoms with Gasteiger partial charge in [-0.2, -0.15) is 0 Å². The van der Waals surface area contributed by atoms with E-state index in [1.54, 1.807) is 11.4 Å². The summed E-state index contributed by atoms with van der Waals surface area (Å²) in [6.07, 6.45) is 2.42. The SMILES string of the molecule is CC(C)NC(=O)CNC(=O)c1csc(C=CC(=O)O)c1. The maximum atomic E-state index is 11.8. The quantitative estimate of drug-likeness (QED) is 0.685. The summed E-state index contributed by atoms with van der Waals surface area (Å²) >= 11 is 1.25. The van der Waals surface area contributed by atoms with Crippen LogP contribution in [0.3, 0.4) is 0 Å². The molecule has 1 aromatic heterocycles. The monoisotopic (exact) mass is 296 g/mol. The second kappa shape index (κ2) is 7.44. The zero-order chi connectivity index (χ0) is 15.1. The van der Waals surface area contributed by atoms with Crippen LogP contribution in [0.4, 0.5) is 0 Å². The Hall–Kier alpha value is -2.15. The summed E-state index contributed by atoms with van der Waals surface area (Å²) in [5.41, 5.74) is 0.400. The van der Waals surface area contributed by atoms with E-state index in [1.165, 1.54) is 17.4 Å². The first-order valence-corrected chi connectivity index (χ1v) is 6.83. The van der Waals surface area contributed by atoms with Crippen molar-refractivity contribution in [2.24, 2.45) is 0 Å². The van der Waals surface area contributed by atoms with Gasteiger partial charge in [0.05, 0.1) is 12.1 Å². The summed E-state index contributed by atoms with van der Waals surface area (Å²) in [4.78, 5) is 34.2. The number of aliphatic carboxylic acids is 1. The lowest BCUT2D eigenvalue weighted by atomic mass is 10.3. The highest BCUT2D eigenvalue weighted by Gasteiger charge is 2.10. The van der Waals surface area contributed by atoms with Crippen molar-refractivity contribution in [1.29, 1.82) is 0 Å². The minimum Gasteiger partial charge on any atom is -0.478 e. The summed E-state index contributed by atoms with van der Waals surface area (Å²) in [6.45, 7) is 3.58. The molecule has 0 bridgehead atoms. The Morgan fingerprint density at radius 1 is 1.40 bits per heavy atom. The van der Waals surface area contributed by atoms with Crippen LogP contribution in [0.25, 0.3) is 6.08 Å². The third-order valence-corrected chi connectivity index (χ3v) is 3.03. The molecule has 1 rings (SSSR count). The summed E-state index contributed by atoms with van der Waals surface area (Å²) in [6, 6.07) is 1.59. The van der Waals surface area contributed by atoms with Crippen molar-refractivity contribution in [2.45, 2.75) is 19.9 Å². The van der Waals surface area contributed by atoms with Crippen LogP contribution in [0.2, 0.25) is 0 Å². The molecular formula is C13H16N2O4S. The fraction of sp³-hybridized carbons (Fsp3) is 0.308. The molecule has 0 radical (unpaired) electrons. The Morgan fingerprint density at radius 3 is 2.70 bits per heavy atom. The van der Waals surface area contributed by atoms with E-state index in [0.29, 0.717) is 10.4 Å². The molecule has 3 N–H and O–H groups in total. The number of hydrogen-bond acceptors (Lipinski definition) is 4. The van der Waals surface area contributed by atoms with Crippen molar-refractivity contribution in [3.63, 3.8) is 0 Å². The molecule has 0 aliphatic carbocycles. The van der Waals surface area contributed by atoms with Gasteiger partial charge in [-0.3, -0.25) is 9.59 Å². The van der Waals surface area contributed by atoms with E-state index in [0.717, 1.165) is 6.08 Å². The molecule has 0 unspecified atom stereocenters. The van der Waals surface area contributed by atoms with Crippen LogP contribution in [-0.4, -0.2) is 35.5 Å². The minimum atomic E-state index is -1.05. The summed E-state index contributed by atoms with van der Waals surface area (Å²) < 4.78 is 0. The first kappa shape index (κ1) is 15.9. The van der Waals surface area contributed by atoms with Gasteiger partial charge in [0.15, 0.2) is 0 Å². The zero-order valence-electron chi connectivity index (χ0n) is 11.2. The number of carbonyl (C=O) groups excluding carboxylic acids is 2. The number of hydrogen-bond donors (Lipinski definition) is 3. The summed E-state index contributed by atoms with van der Waals surface area (Å²) in [7, 11) is 0. The largest absolute Gasteiger partial charge is 0.478 e. The predicted octanol–water partition coefficient (Wildman–Crippen LogP) is 1.10. The van der Waals surface area contributed by atoms with Gasteiger partial charge >= 0.3 is 5.97 Å².